The van der Waals surface area contributed by atoms with E-state index in [9.17, 15) is 14.7 Å². The first-order valence-electron chi connectivity index (χ1n) is 9.87. The molecule has 1 aliphatic rings. The average molecular weight is 377 g/mol. The molecule has 6 nitrogen and oxygen atoms in total. The third-order valence-electron chi connectivity index (χ3n) is 5.12. The van der Waals surface area contributed by atoms with Crippen LogP contribution in [0.4, 0.5) is 0 Å². The van der Waals surface area contributed by atoms with Crippen LogP contribution in [-0.4, -0.2) is 37.2 Å². The molecule has 0 aromatic heterocycles. The van der Waals surface area contributed by atoms with Gasteiger partial charge in [0.2, 0.25) is 5.91 Å². The van der Waals surface area contributed by atoms with Crippen LogP contribution in [0.1, 0.15) is 51.0 Å². The Morgan fingerprint density at radius 2 is 1.93 bits per heavy atom. The van der Waals surface area contributed by atoms with Gasteiger partial charge >= 0.3 is 5.97 Å². The number of unbranched alkanes of at least 4 members (excludes halogenated alkanes) is 1. The number of methoxy groups -OCH3 is 1. The Morgan fingerprint density at radius 1 is 1.19 bits per heavy atom. The molecular weight excluding hydrogens is 346 g/mol. The molecule has 0 radical (unpaired) electrons. The van der Waals surface area contributed by atoms with Crippen LogP contribution in [0.2, 0.25) is 0 Å². The zero-order valence-corrected chi connectivity index (χ0v) is 16.3. The standard InChI is InChI=1S/C21H31NO5/c1-3-4-13-27-18-10-9-15(14-19(18)26-2)11-12-22-20(23)16-7-5-6-8-17(16)21(24)25/h9-10,14,16-17H,3-8,11-13H2,1-2H3,(H,22,23)(H,24,25). The van der Waals surface area contributed by atoms with E-state index in [0.717, 1.165) is 37.0 Å². The van der Waals surface area contributed by atoms with E-state index < -0.39 is 17.8 Å². The number of carbonyl (C=O) groups excluding carboxylic acids is 1. The molecule has 0 aliphatic heterocycles. The van der Waals surface area contributed by atoms with Gasteiger partial charge in [0.1, 0.15) is 0 Å². The number of aliphatic carboxylic acids is 1. The van der Waals surface area contributed by atoms with Gasteiger partial charge in [0.05, 0.1) is 25.6 Å². The number of hydrogen-bond acceptors (Lipinski definition) is 4. The second kappa shape index (κ2) is 10.8. The van der Waals surface area contributed by atoms with Crippen LogP contribution in [-0.2, 0) is 16.0 Å². The molecule has 1 fully saturated rings. The van der Waals surface area contributed by atoms with E-state index in [2.05, 4.69) is 12.2 Å². The van der Waals surface area contributed by atoms with Crippen LogP contribution >= 0.6 is 0 Å². The van der Waals surface area contributed by atoms with Gasteiger partial charge in [-0.2, -0.15) is 0 Å². The summed E-state index contributed by atoms with van der Waals surface area (Å²) in [6, 6.07) is 5.79. The summed E-state index contributed by atoms with van der Waals surface area (Å²) < 4.78 is 11.1. The summed E-state index contributed by atoms with van der Waals surface area (Å²) >= 11 is 0. The molecule has 1 saturated carbocycles. The molecule has 0 bridgehead atoms. The van der Waals surface area contributed by atoms with E-state index in [0.29, 0.717) is 38.2 Å². The van der Waals surface area contributed by atoms with E-state index >= 15 is 0 Å². The maximum Gasteiger partial charge on any atom is 0.307 e. The Labute approximate surface area is 161 Å². The summed E-state index contributed by atoms with van der Waals surface area (Å²) in [5.41, 5.74) is 1.04. The van der Waals surface area contributed by atoms with Crippen LogP contribution in [0.25, 0.3) is 0 Å². The Hall–Kier alpha value is -2.24. The van der Waals surface area contributed by atoms with E-state index in [1.807, 2.05) is 18.2 Å². The van der Waals surface area contributed by atoms with Gasteiger partial charge in [0.25, 0.3) is 0 Å². The fraction of sp³-hybridized carbons (Fsp3) is 0.619. The Kier molecular flexibility index (Phi) is 8.43. The number of hydrogen-bond donors (Lipinski definition) is 2. The molecule has 2 N–H and O–H groups in total. The maximum absolute atomic E-state index is 12.4. The first-order chi connectivity index (χ1) is 13.1. The van der Waals surface area contributed by atoms with E-state index in [1.165, 1.54) is 0 Å². The highest BCUT2D eigenvalue weighted by Crippen LogP contribution is 2.31. The molecular formula is C21H31NO5. The monoisotopic (exact) mass is 377 g/mol. The summed E-state index contributed by atoms with van der Waals surface area (Å²) in [5, 5.41) is 12.2. The lowest BCUT2D eigenvalue weighted by molar-refractivity contribution is -0.148. The second-order valence-electron chi connectivity index (χ2n) is 7.06. The third kappa shape index (κ3) is 6.15. The summed E-state index contributed by atoms with van der Waals surface area (Å²) in [4.78, 5) is 23.8. The van der Waals surface area contributed by atoms with Gasteiger partial charge in [0.15, 0.2) is 11.5 Å². The average Bonchev–Trinajstić information content (AvgIpc) is 2.68. The van der Waals surface area contributed by atoms with Crippen LogP contribution in [0.5, 0.6) is 11.5 Å². The summed E-state index contributed by atoms with van der Waals surface area (Å²) in [5.74, 6) is -0.566. The lowest BCUT2D eigenvalue weighted by Gasteiger charge is -2.27. The molecule has 1 aliphatic carbocycles. The largest absolute Gasteiger partial charge is 0.493 e. The van der Waals surface area contributed by atoms with Gasteiger partial charge in [-0.1, -0.05) is 32.3 Å². The first-order valence-corrected chi connectivity index (χ1v) is 9.87. The lowest BCUT2D eigenvalue weighted by Crippen LogP contribution is -2.40. The normalized spacial score (nSPS) is 19.3. The van der Waals surface area contributed by atoms with Crippen molar-refractivity contribution in [3.63, 3.8) is 0 Å². The molecule has 1 amide bonds. The van der Waals surface area contributed by atoms with Gasteiger partial charge in [-0.15, -0.1) is 0 Å². The number of amides is 1. The van der Waals surface area contributed by atoms with Gasteiger partial charge in [-0.3, -0.25) is 9.59 Å². The number of rotatable bonds is 10. The van der Waals surface area contributed by atoms with Crippen LogP contribution in [0, 0.1) is 11.8 Å². The highest BCUT2D eigenvalue weighted by Gasteiger charge is 2.35. The first kappa shape index (κ1) is 21.1. The Morgan fingerprint density at radius 3 is 2.59 bits per heavy atom. The topological polar surface area (TPSA) is 84.9 Å². The van der Waals surface area contributed by atoms with Crippen molar-refractivity contribution in [2.45, 2.75) is 51.9 Å². The number of carboxylic acids is 1. The van der Waals surface area contributed by atoms with E-state index in [4.69, 9.17) is 9.47 Å². The zero-order chi connectivity index (χ0) is 19.6. The molecule has 27 heavy (non-hydrogen) atoms. The molecule has 150 valence electrons. The van der Waals surface area contributed by atoms with Gasteiger partial charge in [-0.25, -0.2) is 0 Å². The van der Waals surface area contributed by atoms with E-state index in [-0.39, 0.29) is 5.91 Å². The van der Waals surface area contributed by atoms with Crippen molar-refractivity contribution in [2.75, 3.05) is 20.3 Å². The molecule has 0 saturated heterocycles. The fourth-order valence-electron chi connectivity index (χ4n) is 3.51. The minimum Gasteiger partial charge on any atom is -0.493 e. The minimum absolute atomic E-state index is 0.145. The Balaban J connectivity index is 1.86. The highest BCUT2D eigenvalue weighted by molar-refractivity contribution is 5.84. The van der Waals surface area contributed by atoms with E-state index in [1.54, 1.807) is 7.11 Å². The number of ether oxygens (including phenoxy) is 2. The van der Waals surface area contributed by atoms with Crippen molar-refractivity contribution in [1.29, 1.82) is 0 Å². The predicted octanol–water partition coefficient (Wildman–Crippen LogP) is 3.42. The number of nitrogens with one attached hydrogen (secondary N) is 1. The van der Waals surface area contributed by atoms with Gasteiger partial charge < -0.3 is 19.9 Å². The second-order valence-corrected chi connectivity index (χ2v) is 7.06. The van der Waals surface area contributed by atoms with Gasteiger partial charge in [0, 0.05) is 6.54 Å². The van der Waals surface area contributed by atoms with Crippen molar-refractivity contribution in [1.82, 2.24) is 5.32 Å². The van der Waals surface area contributed by atoms with Crippen molar-refractivity contribution in [3.8, 4) is 11.5 Å². The molecule has 1 aromatic carbocycles. The van der Waals surface area contributed by atoms with Crippen molar-refractivity contribution >= 4 is 11.9 Å². The summed E-state index contributed by atoms with van der Waals surface area (Å²) in [7, 11) is 1.61. The SMILES string of the molecule is CCCCOc1ccc(CCNC(=O)C2CCCCC2C(=O)O)cc1OC. The van der Waals surface area contributed by atoms with Gasteiger partial charge in [-0.05, 0) is 43.4 Å². The molecule has 2 atom stereocenters. The van der Waals surface area contributed by atoms with Crippen molar-refractivity contribution in [3.05, 3.63) is 23.8 Å². The van der Waals surface area contributed by atoms with Crippen molar-refractivity contribution < 1.29 is 24.2 Å². The quantitative estimate of drug-likeness (QED) is 0.610. The molecule has 2 rings (SSSR count). The predicted molar refractivity (Wildman–Crippen MR) is 103 cm³/mol. The molecule has 0 spiro atoms. The molecule has 6 heteroatoms. The van der Waals surface area contributed by atoms with Crippen LogP contribution in [0.15, 0.2) is 18.2 Å². The number of carboxylic acid groups (broad SMARTS) is 1. The summed E-state index contributed by atoms with van der Waals surface area (Å²) in [6.07, 6.45) is 5.76. The smallest absolute Gasteiger partial charge is 0.307 e. The zero-order valence-electron chi connectivity index (χ0n) is 16.3. The van der Waals surface area contributed by atoms with Crippen molar-refractivity contribution in [2.24, 2.45) is 11.8 Å². The third-order valence-corrected chi connectivity index (χ3v) is 5.12. The highest BCUT2D eigenvalue weighted by atomic mass is 16.5. The number of benzene rings is 1. The fourth-order valence-corrected chi connectivity index (χ4v) is 3.51. The molecule has 1 aromatic rings. The molecule has 0 heterocycles. The number of carbonyl (C=O) groups is 2. The Bertz CT molecular complexity index is 631. The van der Waals surface area contributed by atoms with Crippen LogP contribution < -0.4 is 14.8 Å². The summed E-state index contributed by atoms with van der Waals surface area (Å²) in [6.45, 7) is 3.25. The molecule has 2 unspecified atom stereocenters. The maximum atomic E-state index is 12.4. The lowest BCUT2D eigenvalue weighted by atomic mass is 9.78. The van der Waals surface area contributed by atoms with Crippen LogP contribution in [0.3, 0.4) is 0 Å². The minimum atomic E-state index is -0.863.